The lowest BCUT2D eigenvalue weighted by molar-refractivity contribution is -0.132. The number of aliphatic hydroxyl groups is 1. The van der Waals surface area contributed by atoms with Crippen LogP contribution in [0.5, 0.6) is 23.0 Å². The highest BCUT2D eigenvalue weighted by Gasteiger charge is 2.47. The summed E-state index contributed by atoms with van der Waals surface area (Å²) in [6.07, 6.45) is 0. The second-order valence-electron chi connectivity index (χ2n) is 8.17. The summed E-state index contributed by atoms with van der Waals surface area (Å²) in [5.74, 6) is 0.260. The van der Waals surface area contributed by atoms with E-state index in [1.165, 1.54) is 12.0 Å². The predicted molar refractivity (Wildman–Crippen MR) is 140 cm³/mol. The summed E-state index contributed by atoms with van der Waals surface area (Å²) in [7, 11) is 3.08. The van der Waals surface area contributed by atoms with Crippen molar-refractivity contribution in [2.75, 3.05) is 32.3 Å². The van der Waals surface area contributed by atoms with Crippen LogP contribution < -0.4 is 23.8 Å². The van der Waals surface area contributed by atoms with Gasteiger partial charge in [0.1, 0.15) is 17.3 Å². The second kappa shape index (κ2) is 11.1. The Labute approximate surface area is 215 Å². The topological polar surface area (TPSA) is 94.5 Å². The molecule has 0 spiro atoms. The number of hydrogen-bond donors (Lipinski definition) is 1. The molecule has 8 nitrogen and oxygen atoms in total. The zero-order chi connectivity index (χ0) is 26.5. The number of hydrogen-bond acceptors (Lipinski definition) is 7. The second-order valence-corrected chi connectivity index (χ2v) is 8.17. The van der Waals surface area contributed by atoms with E-state index in [1.807, 2.05) is 13.8 Å². The molecule has 0 aliphatic carbocycles. The third-order valence-corrected chi connectivity index (χ3v) is 6.02. The molecule has 4 rings (SSSR count). The molecule has 1 unspecified atom stereocenters. The van der Waals surface area contributed by atoms with Crippen LogP contribution in [0.2, 0.25) is 0 Å². The van der Waals surface area contributed by atoms with Gasteiger partial charge in [0.25, 0.3) is 11.7 Å². The standard InChI is InChI=1S/C29H29NO7/c1-5-36-22-9-7-8-19(16-22)27(31)25-26(18-10-15-23(35-4)24(17-18)37-6-2)30(29(33)28(25)32)20-11-13-21(34-3)14-12-20/h7-17,26,31H,5-6H2,1-4H3/b27-25-. The molecule has 3 aromatic rings. The summed E-state index contributed by atoms with van der Waals surface area (Å²) < 4.78 is 22.0. The van der Waals surface area contributed by atoms with E-state index in [4.69, 9.17) is 18.9 Å². The number of aliphatic hydroxyl groups excluding tert-OH is 1. The van der Waals surface area contributed by atoms with Crippen LogP contribution in [0.1, 0.15) is 31.0 Å². The fourth-order valence-electron chi connectivity index (χ4n) is 4.34. The van der Waals surface area contributed by atoms with Gasteiger partial charge in [0.2, 0.25) is 0 Å². The molecule has 1 saturated heterocycles. The molecule has 0 aromatic heterocycles. The minimum absolute atomic E-state index is 0.0397. The van der Waals surface area contributed by atoms with Gasteiger partial charge in [0.15, 0.2) is 11.5 Å². The van der Waals surface area contributed by atoms with Crippen LogP contribution in [0, 0.1) is 0 Å². The average molecular weight is 504 g/mol. The molecule has 0 radical (unpaired) electrons. The number of benzene rings is 3. The van der Waals surface area contributed by atoms with Crippen molar-refractivity contribution < 1.29 is 33.6 Å². The van der Waals surface area contributed by atoms with Crippen molar-refractivity contribution in [3.05, 3.63) is 83.4 Å². The van der Waals surface area contributed by atoms with Crippen LogP contribution in [0.25, 0.3) is 5.76 Å². The zero-order valence-electron chi connectivity index (χ0n) is 21.2. The molecule has 1 atom stereocenters. The molecular weight excluding hydrogens is 474 g/mol. The van der Waals surface area contributed by atoms with E-state index < -0.39 is 17.7 Å². The lowest BCUT2D eigenvalue weighted by atomic mass is 9.94. The Kier molecular flexibility index (Phi) is 7.67. The highest BCUT2D eigenvalue weighted by molar-refractivity contribution is 6.51. The summed E-state index contributed by atoms with van der Waals surface area (Å²) in [5, 5.41) is 11.4. The molecule has 192 valence electrons. The quantitative estimate of drug-likeness (QED) is 0.246. The van der Waals surface area contributed by atoms with Gasteiger partial charge < -0.3 is 24.1 Å². The maximum Gasteiger partial charge on any atom is 0.300 e. The van der Waals surface area contributed by atoms with Gasteiger partial charge in [-0.05, 0) is 67.9 Å². The molecule has 1 fully saturated rings. The van der Waals surface area contributed by atoms with Gasteiger partial charge in [-0.1, -0.05) is 18.2 Å². The van der Waals surface area contributed by atoms with Crippen molar-refractivity contribution in [3.63, 3.8) is 0 Å². The number of anilines is 1. The van der Waals surface area contributed by atoms with Gasteiger partial charge in [-0.3, -0.25) is 14.5 Å². The van der Waals surface area contributed by atoms with Crippen LogP contribution in [0.15, 0.2) is 72.3 Å². The molecule has 1 N–H and O–H groups in total. The minimum atomic E-state index is -0.922. The number of ether oxygens (including phenoxy) is 4. The molecule has 0 saturated carbocycles. The predicted octanol–water partition coefficient (Wildman–Crippen LogP) is 5.13. The van der Waals surface area contributed by atoms with Crippen LogP contribution in [0.4, 0.5) is 5.69 Å². The largest absolute Gasteiger partial charge is 0.507 e. The maximum absolute atomic E-state index is 13.4. The molecule has 1 aliphatic heterocycles. The number of nitrogens with zero attached hydrogens (tertiary/aromatic N) is 1. The zero-order valence-corrected chi connectivity index (χ0v) is 21.2. The molecule has 3 aromatic carbocycles. The molecule has 1 heterocycles. The van der Waals surface area contributed by atoms with E-state index >= 15 is 0 Å². The lowest BCUT2D eigenvalue weighted by Crippen LogP contribution is -2.29. The highest BCUT2D eigenvalue weighted by Crippen LogP contribution is 2.44. The lowest BCUT2D eigenvalue weighted by Gasteiger charge is -2.26. The number of ketones is 1. The van der Waals surface area contributed by atoms with Gasteiger partial charge in [0, 0.05) is 11.3 Å². The first-order valence-corrected chi connectivity index (χ1v) is 11.9. The number of amides is 1. The van der Waals surface area contributed by atoms with E-state index in [9.17, 15) is 14.7 Å². The van der Waals surface area contributed by atoms with E-state index in [1.54, 1.807) is 73.8 Å². The number of carbonyl (C=O) groups excluding carboxylic acids is 2. The highest BCUT2D eigenvalue weighted by atomic mass is 16.5. The Hall–Kier alpha value is -4.46. The summed E-state index contributed by atoms with van der Waals surface area (Å²) in [6.45, 7) is 4.54. The Balaban J connectivity index is 1.93. The fourth-order valence-corrected chi connectivity index (χ4v) is 4.34. The van der Waals surface area contributed by atoms with E-state index in [-0.39, 0.29) is 11.3 Å². The Bertz CT molecular complexity index is 1330. The molecule has 1 aliphatic rings. The summed E-state index contributed by atoms with van der Waals surface area (Å²) in [4.78, 5) is 28.2. The van der Waals surface area contributed by atoms with E-state index in [2.05, 4.69) is 0 Å². The van der Waals surface area contributed by atoms with Crippen LogP contribution in [-0.2, 0) is 9.59 Å². The fraction of sp³-hybridized carbons (Fsp3) is 0.241. The molecule has 1 amide bonds. The van der Waals surface area contributed by atoms with Gasteiger partial charge in [-0.15, -0.1) is 0 Å². The molecule has 0 bridgehead atoms. The van der Waals surface area contributed by atoms with Crippen LogP contribution >= 0.6 is 0 Å². The van der Waals surface area contributed by atoms with Crippen molar-refractivity contribution in [3.8, 4) is 23.0 Å². The van der Waals surface area contributed by atoms with E-state index in [0.717, 1.165) is 0 Å². The smallest absolute Gasteiger partial charge is 0.300 e. The number of Topliss-reactive ketones (excluding diaryl/α,β-unsaturated/α-hetero) is 1. The number of carbonyl (C=O) groups is 2. The third-order valence-electron chi connectivity index (χ3n) is 6.02. The monoisotopic (exact) mass is 503 g/mol. The first-order valence-electron chi connectivity index (χ1n) is 11.9. The minimum Gasteiger partial charge on any atom is -0.507 e. The van der Waals surface area contributed by atoms with Crippen molar-refractivity contribution in [2.24, 2.45) is 0 Å². The number of methoxy groups -OCH3 is 2. The van der Waals surface area contributed by atoms with Gasteiger partial charge >= 0.3 is 0 Å². The van der Waals surface area contributed by atoms with Gasteiger partial charge in [-0.2, -0.15) is 0 Å². The Morgan fingerprint density at radius 2 is 1.57 bits per heavy atom. The summed E-state index contributed by atoms with van der Waals surface area (Å²) in [5.41, 5.74) is 1.37. The first-order chi connectivity index (χ1) is 17.9. The maximum atomic E-state index is 13.4. The van der Waals surface area contributed by atoms with Crippen molar-refractivity contribution in [2.45, 2.75) is 19.9 Å². The Morgan fingerprint density at radius 1 is 0.838 bits per heavy atom. The average Bonchev–Trinajstić information content (AvgIpc) is 3.19. The summed E-state index contributed by atoms with van der Waals surface area (Å²) >= 11 is 0. The van der Waals surface area contributed by atoms with Gasteiger partial charge in [0.05, 0.1) is 39.0 Å². The number of rotatable bonds is 9. The van der Waals surface area contributed by atoms with E-state index in [0.29, 0.717) is 53.0 Å². The first kappa shape index (κ1) is 25.6. The SMILES string of the molecule is CCOc1cccc(/C(O)=C2/C(=O)C(=O)N(c3ccc(OC)cc3)C2c2ccc(OC)c(OCC)c2)c1. The third kappa shape index (κ3) is 4.95. The molecule has 37 heavy (non-hydrogen) atoms. The normalized spacial score (nSPS) is 16.5. The van der Waals surface area contributed by atoms with Crippen molar-refractivity contribution in [1.29, 1.82) is 0 Å². The van der Waals surface area contributed by atoms with Gasteiger partial charge in [-0.25, -0.2) is 0 Å². The molecule has 8 heteroatoms. The van der Waals surface area contributed by atoms with Crippen LogP contribution in [-0.4, -0.2) is 44.2 Å². The van der Waals surface area contributed by atoms with Crippen LogP contribution in [0.3, 0.4) is 0 Å². The van der Waals surface area contributed by atoms with Crippen molar-refractivity contribution in [1.82, 2.24) is 0 Å². The molecular formula is C29H29NO7. The Morgan fingerprint density at radius 3 is 2.22 bits per heavy atom. The summed E-state index contributed by atoms with van der Waals surface area (Å²) in [6, 6.07) is 17.8. The van der Waals surface area contributed by atoms with Crippen molar-refractivity contribution >= 4 is 23.1 Å².